The van der Waals surface area contributed by atoms with Gasteiger partial charge in [-0.3, -0.25) is 0 Å². The van der Waals surface area contributed by atoms with Crippen LogP contribution in [-0.4, -0.2) is 0 Å². The first-order valence-corrected chi connectivity index (χ1v) is 23.5. The van der Waals surface area contributed by atoms with Crippen molar-refractivity contribution in [2.45, 2.75) is 71.1 Å². The summed E-state index contributed by atoms with van der Waals surface area (Å²) in [7, 11) is 0. The Morgan fingerprint density at radius 2 is 0.831 bits per heavy atom. The van der Waals surface area contributed by atoms with Crippen LogP contribution in [-0.2, 0) is 22.7 Å². The lowest BCUT2D eigenvalue weighted by Gasteiger charge is -2.33. The SMILES string of the molecule is Cc1ccc(-c2ccc3c(c2)-c2ccccc2C3(C)c2cc(-c3ccc(C)cc3)cc3c2-c2ccccc2C3(C)Cc2cccc3c2-c2cccc(-c4ccc(C)cc4)c2C3(C)C)cc1. The second-order valence-electron chi connectivity index (χ2n) is 20.2. The lowest BCUT2D eigenvalue weighted by molar-refractivity contribution is 0.581. The minimum absolute atomic E-state index is 0.155. The summed E-state index contributed by atoms with van der Waals surface area (Å²) in [5.41, 5.74) is 30.0. The maximum Gasteiger partial charge on any atom is 0.0442 e. The maximum absolute atomic E-state index is 2.56. The molecule has 3 aliphatic carbocycles. The van der Waals surface area contributed by atoms with Gasteiger partial charge in [-0.15, -0.1) is 0 Å². The minimum atomic E-state index is -0.412. The smallest absolute Gasteiger partial charge is 0.0442 e. The van der Waals surface area contributed by atoms with Gasteiger partial charge >= 0.3 is 0 Å². The van der Waals surface area contributed by atoms with Crippen molar-refractivity contribution < 1.29 is 0 Å². The Morgan fingerprint density at radius 3 is 1.52 bits per heavy atom. The number of aryl methyl sites for hydroxylation is 3. The third-order valence-corrected chi connectivity index (χ3v) is 15.8. The monoisotopic (exact) mass is 834 g/mol. The molecule has 9 aromatic rings. The zero-order chi connectivity index (χ0) is 44.4. The van der Waals surface area contributed by atoms with E-state index in [1.54, 1.807) is 0 Å². The van der Waals surface area contributed by atoms with E-state index >= 15 is 0 Å². The average molecular weight is 835 g/mol. The topological polar surface area (TPSA) is 0 Å². The quantitative estimate of drug-likeness (QED) is 0.157. The van der Waals surface area contributed by atoms with Crippen LogP contribution in [0.15, 0.2) is 188 Å². The molecule has 0 amide bonds. The summed E-state index contributed by atoms with van der Waals surface area (Å²) in [6.07, 6.45) is 0.880. The first-order valence-electron chi connectivity index (χ1n) is 23.5. The molecule has 0 aliphatic heterocycles. The first kappa shape index (κ1) is 39.6. The van der Waals surface area contributed by atoms with Crippen LogP contribution in [0.5, 0.6) is 0 Å². The summed E-state index contributed by atoms with van der Waals surface area (Å²) in [4.78, 5) is 0. The fourth-order valence-corrected chi connectivity index (χ4v) is 12.4. The summed E-state index contributed by atoms with van der Waals surface area (Å²) in [6, 6.07) is 72.3. The molecule has 0 spiro atoms. The molecule has 0 heteroatoms. The van der Waals surface area contributed by atoms with E-state index in [0.29, 0.717) is 0 Å². The van der Waals surface area contributed by atoms with Gasteiger partial charge in [0, 0.05) is 16.2 Å². The number of fused-ring (bicyclic) bond motifs is 9. The van der Waals surface area contributed by atoms with Crippen LogP contribution < -0.4 is 0 Å². The van der Waals surface area contributed by atoms with Gasteiger partial charge in [0.25, 0.3) is 0 Å². The van der Waals surface area contributed by atoms with E-state index in [0.717, 1.165) is 6.42 Å². The predicted molar refractivity (Wildman–Crippen MR) is 274 cm³/mol. The summed E-state index contributed by atoms with van der Waals surface area (Å²) >= 11 is 0. The van der Waals surface area contributed by atoms with Crippen LogP contribution in [0, 0.1) is 20.8 Å². The highest BCUT2D eigenvalue weighted by Gasteiger charge is 2.48. The van der Waals surface area contributed by atoms with E-state index in [1.165, 1.54) is 128 Å². The molecule has 12 rings (SSSR count). The van der Waals surface area contributed by atoms with E-state index in [9.17, 15) is 0 Å². The highest BCUT2D eigenvalue weighted by atomic mass is 14.5. The van der Waals surface area contributed by atoms with Crippen molar-refractivity contribution >= 4 is 0 Å². The zero-order valence-electron chi connectivity index (χ0n) is 38.6. The molecule has 2 atom stereocenters. The molecule has 2 unspecified atom stereocenters. The van der Waals surface area contributed by atoms with Crippen LogP contribution in [0.3, 0.4) is 0 Å². The third kappa shape index (κ3) is 5.76. The molecule has 0 saturated heterocycles. The second-order valence-corrected chi connectivity index (χ2v) is 20.2. The van der Waals surface area contributed by atoms with Gasteiger partial charge in [-0.1, -0.05) is 207 Å². The van der Waals surface area contributed by atoms with E-state index in [4.69, 9.17) is 0 Å². The average Bonchev–Trinajstić information content (AvgIpc) is 3.84. The molecule has 0 N–H and O–H groups in total. The summed E-state index contributed by atoms with van der Waals surface area (Å²) in [6.45, 7) is 16.4. The van der Waals surface area contributed by atoms with Gasteiger partial charge in [-0.25, -0.2) is 0 Å². The highest BCUT2D eigenvalue weighted by molar-refractivity contribution is 5.94. The molecule has 0 heterocycles. The van der Waals surface area contributed by atoms with Crippen LogP contribution in [0.2, 0.25) is 0 Å². The van der Waals surface area contributed by atoms with Crippen LogP contribution in [0.4, 0.5) is 0 Å². The lowest BCUT2D eigenvalue weighted by atomic mass is 9.69. The fourth-order valence-electron chi connectivity index (χ4n) is 12.4. The molecular formula is C65H54. The van der Waals surface area contributed by atoms with Gasteiger partial charge in [-0.2, -0.15) is 0 Å². The number of benzene rings is 9. The van der Waals surface area contributed by atoms with Crippen molar-refractivity contribution in [3.63, 3.8) is 0 Å². The summed E-state index contributed by atoms with van der Waals surface area (Å²) < 4.78 is 0. The van der Waals surface area contributed by atoms with Gasteiger partial charge in [-0.05, 0) is 164 Å². The Bertz CT molecular complexity index is 3390. The maximum atomic E-state index is 2.56. The van der Waals surface area contributed by atoms with Crippen LogP contribution in [0.25, 0.3) is 66.8 Å². The molecule has 0 aromatic heterocycles. The summed E-state index contributed by atoms with van der Waals surface area (Å²) in [5.74, 6) is 0. The Balaban J connectivity index is 1.09. The fraction of sp³-hybridized carbons (Fsp3) is 0.169. The molecule has 314 valence electrons. The first-order chi connectivity index (χ1) is 31.4. The second kappa shape index (κ2) is 14.2. The van der Waals surface area contributed by atoms with E-state index in [2.05, 4.69) is 237 Å². The van der Waals surface area contributed by atoms with E-state index < -0.39 is 5.41 Å². The molecule has 9 aromatic carbocycles. The van der Waals surface area contributed by atoms with Crippen LogP contribution >= 0.6 is 0 Å². The minimum Gasteiger partial charge on any atom is -0.0619 e. The predicted octanol–water partition coefficient (Wildman–Crippen LogP) is 16.8. The van der Waals surface area contributed by atoms with Gasteiger partial charge in [0.15, 0.2) is 0 Å². The van der Waals surface area contributed by atoms with Crippen molar-refractivity contribution in [2.24, 2.45) is 0 Å². The molecule has 3 aliphatic rings. The normalized spacial score (nSPS) is 18.1. The number of hydrogen-bond donors (Lipinski definition) is 0. The molecule has 65 heavy (non-hydrogen) atoms. The standard InChI is InChI=1S/C65H54/c1-40-22-28-43(29-23-40)46-34-35-56-53(36-46)50-15-8-11-20-55(50)65(56,7)59-38-48(44-30-24-41(2)25-31-44)37-58-61(59)51-16-9-10-19-54(51)64(58,6)39-47-14-12-21-57-60(47)52-18-13-17-49(62(52)63(57,4)5)45-32-26-42(3)27-33-45/h8-38H,39H2,1-7H3. The molecule has 0 nitrogen and oxygen atoms in total. The number of rotatable bonds is 6. The van der Waals surface area contributed by atoms with Gasteiger partial charge in [0.1, 0.15) is 0 Å². The number of hydrogen-bond acceptors (Lipinski definition) is 0. The Kier molecular flexibility index (Phi) is 8.67. The van der Waals surface area contributed by atoms with Gasteiger partial charge < -0.3 is 0 Å². The largest absolute Gasteiger partial charge is 0.0619 e. The molecule has 0 radical (unpaired) electrons. The highest BCUT2D eigenvalue weighted by Crippen LogP contribution is 2.61. The van der Waals surface area contributed by atoms with Crippen molar-refractivity contribution in [3.05, 3.63) is 249 Å². The lowest BCUT2D eigenvalue weighted by Crippen LogP contribution is -2.27. The van der Waals surface area contributed by atoms with Crippen LogP contribution in [0.1, 0.15) is 88.9 Å². The Morgan fingerprint density at radius 1 is 0.323 bits per heavy atom. The molecule has 0 bridgehead atoms. The molecule has 0 fully saturated rings. The summed E-state index contributed by atoms with van der Waals surface area (Å²) in [5, 5.41) is 0. The Hall–Kier alpha value is -7.02. The zero-order valence-corrected chi connectivity index (χ0v) is 38.6. The van der Waals surface area contributed by atoms with Crippen molar-refractivity contribution in [1.29, 1.82) is 0 Å². The van der Waals surface area contributed by atoms with Gasteiger partial charge in [0.2, 0.25) is 0 Å². The van der Waals surface area contributed by atoms with E-state index in [1.807, 2.05) is 0 Å². The van der Waals surface area contributed by atoms with E-state index in [-0.39, 0.29) is 10.8 Å². The van der Waals surface area contributed by atoms with Crippen molar-refractivity contribution in [1.82, 2.24) is 0 Å². The molecular weight excluding hydrogens is 781 g/mol. The van der Waals surface area contributed by atoms with Crippen molar-refractivity contribution in [3.8, 4) is 66.8 Å². The molecule has 0 saturated carbocycles. The third-order valence-electron chi connectivity index (χ3n) is 15.8. The Labute approximate surface area is 385 Å². The van der Waals surface area contributed by atoms with Crippen molar-refractivity contribution in [2.75, 3.05) is 0 Å². The van der Waals surface area contributed by atoms with Gasteiger partial charge in [0.05, 0.1) is 0 Å².